The third kappa shape index (κ3) is 4.45. The summed E-state index contributed by atoms with van der Waals surface area (Å²) in [7, 11) is 0. The number of thioether (sulfide) groups is 1. The zero-order valence-electron chi connectivity index (χ0n) is 12.4. The summed E-state index contributed by atoms with van der Waals surface area (Å²) in [5.74, 6) is 1.54. The molecular weight excluding hydrogens is 288 g/mol. The van der Waals surface area contributed by atoms with E-state index in [0.717, 1.165) is 6.42 Å². The molecule has 1 fully saturated rings. The van der Waals surface area contributed by atoms with Crippen LogP contribution in [0.4, 0.5) is 11.9 Å². The van der Waals surface area contributed by atoms with Crippen LogP contribution in [0.5, 0.6) is 0 Å². The summed E-state index contributed by atoms with van der Waals surface area (Å²) in [6.07, 6.45) is 3.46. The maximum Gasteiger partial charge on any atom is 0.230 e. The number of anilines is 2. The van der Waals surface area contributed by atoms with Gasteiger partial charge in [-0.05, 0) is 18.3 Å². The van der Waals surface area contributed by atoms with Crippen LogP contribution in [0.1, 0.15) is 33.1 Å². The van der Waals surface area contributed by atoms with Crippen molar-refractivity contribution in [2.75, 3.05) is 17.2 Å². The average molecular weight is 310 g/mol. The largest absolute Gasteiger partial charge is 0.368 e. The second-order valence-corrected chi connectivity index (χ2v) is 6.51. The van der Waals surface area contributed by atoms with Gasteiger partial charge in [-0.2, -0.15) is 15.0 Å². The summed E-state index contributed by atoms with van der Waals surface area (Å²) in [5.41, 5.74) is 11.0. The van der Waals surface area contributed by atoms with E-state index in [-0.39, 0.29) is 29.6 Å². The summed E-state index contributed by atoms with van der Waals surface area (Å²) >= 11 is 1.21. The molecule has 0 radical (unpaired) electrons. The van der Waals surface area contributed by atoms with Crippen molar-refractivity contribution in [2.45, 2.75) is 44.3 Å². The Labute approximate surface area is 128 Å². The predicted molar refractivity (Wildman–Crippen MR) is 83.5 cm³/mol. The molecule has 1 amide bonds. The van der Waals surface area contributed by atoms with Gasteiger partial charge in [-0.15, -0.1) is 0 Å². The van der Waals surface area contributed by atoms with Crippen molar-refractivity contribution < 1.29 is 4.79 Å². The fourth-order valence-corrected chi connectivity index (χ4v) is 3.28. The van der Waals surface area contributed by atoms with Gasteiger partial charge < -0.3 is 16.8 Å². The van der Waals surface area contributed by atoms with E-state index in [1.807, 2.05) is 0 Å². The Balaban J connectivity index is 1.84. The highest BCUT2D eigenvalue weighted by Gasteiger charge is 2.28. The average Bonchev–Trinajstić information content (AvgIpc) is 2.41. The van der Waals surface area contributed by atoms with E-state index in [2.05, 4.69) is 34.1 Å². The van der Waals surface area contributed by atoms with E-state index in [0.29, 0.717) is 17.0 Å². The van der Waals surface area contributed by atoms with Crippen molar-refractivity contribution in [3.63, 3.8) is 0 Å². The lowest BCUT2D eigenvalue weighted by molar-refractivity contribution is -0.120. The first-order valence-corrected chi connectivity index (χ1v) is 8.13. The monoisotopic (exact) mass is 310 g/mol. The van der Waals surface area contributed by atoms with E-state index in [9.17, 15) is 4.79 Å². The highest BCUT2D eigenvalue weighted by Crippen LogP contribution is 2.29. The SMILES string of the molecule is C[C@@H]1[C@@H](C)CCC[C@H]1NC(=O)CSc1nc(N)nc(N)n1. The van der Waals surface area contributed by atoms with Crippen LogP contribution >= 0.6 is 11.8 Å². The number of nitrogens with zero attached hydrogens (tertiary/aromatic N) is 3. The van der Waals surface area contributed by atoms with Crippen LogP contribution in [0, 0.1) is 11.8 Å². The lowest BCUT2D eigenvalue weighted by Crippen LogP contribution is -2.44. The topological polar surface area (TPSA) is 120 Å². The van der Waals surface area contributed by atoms with Gasteiger partial charge in [-0.25, -0.2) is 0 Å². The van der Waals surface area contributed by atoms with Crippen molar-refractivity contribution in [2.24, 2.45) is 11.8 Å². The second-order valence-electron chi connectivity index (χ2n) is 5.56. The number of carbonyl (C=O) groups excluding carboxylic acids is 1. The van der Waals surface area contributed by atoms with Crippen molar-refractivity contribution in [3.05, 3.63) is 0 Å². The molecule has 0 spiro atoms. The van der Waals surface area contributed by atoms with E-state index in [1.54, 1.807) is 0 Å². The van der Waals surface area contributed by atoms with Gasteiger partial charge in [0.25, 0.3) is 0 Å². The maximum absolute atomic E-state index is 12.0. The minimum atomic E-state index is -0.0106. The quantitative estimate of drug-likeness (QED) is 0.711. The zero-order valence-corrected chi connectivity index (χ0v) is 13.2. The molecule has 8 heteroatoms. The molecule has 1 aliphatic carbocycles. The van der Waals surface area contributed by atoms with Gasteiger partial charge in [0.2, 0.25) is 17.8 Å². The van der Waals surface area contributed by atoms with Gasteiger partial charge in [0.15, 0.2) is 5.16 Å². The summed E-state index contributed by atoms with van der Waals surface area (Å²) in [4.78, 5) is 23.6. The van der Waals surface area contributed by atoms with Gasteiger partial charge in [0.1, 0.15) is 0 Å². The molecule has 3 atom stereocenters. The minimum absolute atomic E-state index is 0.0106. The third-order valence-electron chi connectivity index (χ3n) is 4.04. The highest BCUT2D eigenvalue weighted by atomic mass is 32.2. The number of amides is 1. The predicted octanol–water partition coefficient (Wildman–Crippen LogP) is 1.07. The molecule has 1 saturated carbocycles. The Morgan fingerprint density at radius 3 is 2.57 bits per heavy atom. The molecule has 1 heterocycles. The first kappa shape index (κ1) is 15.8. The number of nitrogens with one attached hydrogen (secondary N) is 1. The second kappa shape index (κ2) is 6.93. The number of hydrogen-bond acceptors (Lipinski definition) is 7. The molecular formula is C13H22N6OS. The van der Waals surface area contributed by atoms with Crippen LogP contribution in [0.2, 0.25) is 0 Å². The van der Waals surface area contributed by atoms with E-state index in [4.69, 9.17) is 11.5 Å². The Kier molecular flexibility index (Phi) is 5.22. The normalized spacial score (nSPS) is 25.5. The molecule has 0 bridgehead atoms. The van der Waals surface area contributed by atoms with Crippen molar-refractivity contribution in [3.8, 4) is 0 Å². The van der Waals surface area contributed by atoms with E-state index < -0.39 is 0 Å². The molecule has 0 unspecified atom stereocenters. The first-order chi connectivity index (χ1) is 9.95. The molecule has 116 valence electrons. The molecule has 0 saturated heterocycles. The van der Waals surface area contributed by atoms with Crippen LogP contribution in [0.3, 0.4) is 0 Å². The number of nitrogens with two attached hydrogens (primary N) is 2. The van der Waals surface area contributed by atoms with Crippen LogP contribution in [-0.4, -0.2) is 32.7 Å². The Hall–Kier alpha value is -1.57. The maximum atomic E-state index is 12.0. The Morgan fingerprint density at radius 1 is 1.24 bits per heavy atom. The van der Waals surface area contributed by atoms with Gasteiger partial charge in [-0.3, -0.25) is 4.79 Å². The number of hydrogen-bond donors (Lipinski definition) is 3. The summed E-state index contributed by atoms with van der Waals surface area (Å²) in [6.45, 7) is 4.45. The standard InChI is InChI=1S/C13H22N6OS/c1-7-4-3-5-9(8(7)2)16-10(20)6-21-13-18-11(14)17-12(15)19-13/h7-9H,3-6H2,1-2H3,(H,16,20)(H4,14,15,17,18,19)/t7-,8+,9+/m0/s1. The Bertz CT molecular complexity index is 491. The van der Waals surface area contributed by atoms with E-state index >= 15 is 0 Å². The molecule has 7 nitrogen and oxygen atoms in total. The van der Waals surface area contributed by atoms with Crippen LogP contribution in [0.15, 0.2) is 5.16 Å². The van der Waals surface area contributed by atoms with Crippen molar-refractivity contribution in [1.29, 1.82) is 0 Å². The van der Waals surface area contributed by atoms with Gasteiger partial charge in [0.05, 0.1) is 5.75 Å². The van der Waals surface area contributed by atoms with Gasteiger partial charge >= 0.3 is 0 Å². The fourth-order valence-electron chi connectivity index (χ4n) is 2.62. The van der Waals surface area contributed by atoms with Crippen molar-refractivity contribution >= 4 is 29.6 Å². The summed E-state index contributed by atoms with van der Waals surface area (Å²) in [6, 6.07) is 0.260. The number of rotatable bonds is 4. The molecule has 1 aliphatic rings. The third-order valence-corrected chi connectivity index (χ3v) is 4.88. The lowest BCUT2D eigenvalue weighted by Gasteiger charge is -2.34. The lowest BCUT2D eigenvalue weighted by atomic mass is 9.78. The smallest absolute Gasteiger partial charge is 0.230 e. The van der Waals surface area contributed by atoms with Gasteiger partial charge in [0, 0.05) is 6.04 Å². The number of carbonyl (C=O) groups is 1. The number of aromatic nitrogens is 3. The minimum Gasteiger partial charge on any atom is -0.368 e. The molecule has 0 aromatic carbocycles. The Morgan fingerprint density at radius 2 is 1.90 bits per heavy atom. The molecule has 21 heavy (non-hydrogen) atoms. The van der Waals surface area contributed by atoms with Crippen LogP contribution < -0.4 is 16.8 Å². The molecule has 1 aromatic heterocycles. The van der Waals surface area contributed by atoms with E-state index in [1.165, 1.54) is 24.6 Å². The first-order valence-electron chi connectivity index (χ1n) is 7.15. The van der Waals surface area contributed by atoms with Gasteiger partial charge in [-0.1, -0.05) is 38.5 Å². The summed E-state index contributed by atoms with van der Waals surface area (Å²) < 4.78 is 0. The highest BCUT2D eigenvalue weighted by molar-refractivity contribution is 7.99. The number of nitrogen functional groups attached to an aromatic ring is 2. The zero-order chi connectivity index (χ0) is 15.4. The van der Waals surface area contributed by atoms with Crippen LogP contribution in [0.25, 0.3) is 0 Å². The molecule has 1 aromatic rings. The van der Waals surface area contributed by atoms with Crippen LogP contribution in [-0.2, 0) is 4.79 Å². The van der Waals surface area contributed by atoms with Crippen molar-refractivity contribution in [1.82, 2.24) is 20.3 Å². The molecule has 2 rings (SSSR count). The summed E-state index contributed by atoms with van der Waals surface area (Å²) in [5, 5.41) is 3.48. The molecule has 0 aliphatic heterocycles. The molecule has 5 N–H and O–H groups in total. The fraction of sp³-hybridized carbons (Fsp3) is 0.692.